The molecule has 5 heteroatoms. The van der Waals surface area contributed by atoms with Crippen LogP contribution in [-0.2, 0) is 6.54 Å². The average molecular weight is 332 g/mol. The molecule has 3 aromatic rings. The lowest BCUT2D eigenvalue weighted by Gasteiger charge is -2.00. The normalized spacial score (nSPS) is 10.7. The van der Waals surface area contributed by atoms with E-state index in [4.69, 9.17) is 0 Å². The van der Waals surface area contributed by atoms with Crippen molar-refractivity contribution in [1.82, 2.24) is 15.0 Å². The lowest BCUT2D eigenvalue weighted by atomic mass is 10.2. The summed E-state index contributed by atoms with van der Waals surface area (Å²) in [4.78, 5) is 0. The van der Waals surface area contributed by atoms with Crippen LogP contribution in [0.1, 0.15) is 5.56 Å². The quantitative estimate of drug-likeness (QED) is 0.728. The zero-order chi connectivity index (χ0) is 13.9. The van der Waals surface area contributed by atoms with E-state index >= 15 is 0 Å². The van der Waals surface area contributed by atoms with Gasteiger partial charge in [0.2, 0.25) is 0 Å². The summed E-state index contributed by atoms with van der Waals surface area (Å²) in [7, 11) is 0. The number of aromatic nitrogens is 3. The molecule has 0 unspecified atom stereocenters. The Morgan fingerprint density at radius 2 is 1.70 bits per heavy atom. The van der Waals surface area contributed by atoms with Gasteiger partial charge < -0.3 is 0 Å². The van der Waals surface area contributed by atoms with Crippen molar-refractivity contribution >= 4 is 15.9 Å². The third kappa shape index (κ3) is 2.93. The molecule has 2 aromatic carbocycles. The summed E-state index contributed by atoms with van der Waals surface area (Å²) in [5, 5.41) is 8.20. The largest absolute Gasteiger partial charge is 0.247 e. The van der Waals surface area contributed by atoms with Crippen molar-refractivity contribution in [3.05, 3.63) is 70.6 Å². The molecule has 0 spiro atoms. The van der Waals surface area contributed by atoms with E-state index in [0.29, 0.717) is 6.54 Å². The fraction of sp³-hybridized carbons (Fsp3) is 0.0667. The van der Waals surface area contributed by atoms with Crippen LogP contribution in [0.5, 0.6) is 0 Å². The molecule has 100 valence electrons. The summed E-state index contributed by atoms with van der Waals surface area (Å²) in [6.07, 6.45) is 1.86. The highest BCUT2D eigenvalue weighted by atomic mass is 79.9. The molecular weight excluding hydrogens is 321 g/mol. The van der Waals surface area contributed by atoms with Gasteiger partial charge in [-0.25, -0.2) is 9.07 Å². The van der Waals surface area contributed by atoms with Gasteiger partial charge in [0.05, 0.1) is 12.7 Å². The lowest BCUT2D eigenvalue weighted by Crippen LogP contribution is -1.99. The van der Waals surface area contributed by atoms with Gasteiger partial charge in [0.1, 0.15) is 11.5 Å². The molecule has 0 saturated carbocycles. The summed E-state index contributed by atoms with van der Waals surface area (Å²) in [6, 6.07) is 14.3. The second kappa shape index (κ2) is 5.54. The van der Waals surface area contributed by atoms with E-state index < -0.39 is 0 Å². The predicted molar refractivity (Wildman–Crippen MR) is 78.7 cm³/mol. The van der Waals surface area contributed by atoms with Crippen molar-refractivity contribution in [2.45, 2.75) is 6.54 Å². The van der Waals surface area contributed by atoms with Crippen molar-refractivity contribution in [2.75, 3.05) is 0 Å². The summed E-state index contributed by atoms with van der Waals surface area (Å²) in [6.45, 7) is 0.654. The maximum absolute atomic E-state index is 12.9. The third-order valence-electron chi connectivity index (χ3n) is 2.94. The molecule has 1 aromatic heterocycles. The first kappa shape index (κ1) is 13.0. The fourth-order valence-electron chi connectivity index (χ4n) is 1.91. The van der Waals surface area contributed by atoms with Gasteiger partial charge in [-0.3, -0.25) is 0 Å². The number of benzene rings is 2. The van der Waals surface area contributed by atoms with E-state index in [-0.39, 0.29) is 5.82 Å². The summed E-state index contributed by atoms with van der Waals surface area (Å²) in [5.74, 6) is -0.254. The van der Waals surface area contributed by atoms with E-state index in [1.165, 1.54) is 12.1 Å². The van der Waals surface area contributed by atoms with Crippen LogP contribution in [0, 0.1) is 5.82 Å². The standard InChI is InChI=1S/C15H11BrFN3/c16-13-5-1-11(2-6-13)9-20-10-15(18-19-20)12-3-7-14(17)8-4-12/h1-8,10H,9H2. The van der Waals surface area contributed by atoms with Crippen LogP contribution in [0.2, 0.25) is 0 Å². The fourth-order valence-corrected chi connectivity index (χ4v) is 2.17. The average Bonchev–Trinajstić information content (AvgIpc) is 2.91. The van der Waals surface area contributed by atoms with Crippen molar-refractivity contribution in [3.63, 3.8) is 0 Å². The van der Waals surface area contributed by atoms with Gasteiger partial charge in [-0.15, -0.1) is 5.10 Å². The van der Waals surface area contributed by atoms with Gasteiger partial charge in [-0.2, -0.15) is 0 Å². The molecular formula is C15H11BrFN3. The molecule has 0 fully saturated rings. The monoisotopic (exact) mass is 331 g/mol. The Bertz CT molecular complexity index is 705. The van der Waals surface area contributed by atoms with E-state index in [9.17, 15) is 4.39 Å². The van der Waals surface area contributed by atoms with E-state index in [0.717, 1.165) is 21.3 Å². The lowest BCUT2D eigenvalue weighted by molar-refractivity contribution is 0.628. The number of nitrogens with zero attached hydrogens (tertiary/aromatic N) is 3. The van der Waals surface area contributed by atoms with Crippen molar-refractivity contribution in [3.8, 4) is 11.3 Å². The highest BCUT2D eigenvalue weighted by Crippen LogP contribution is 2.17. The minimum absolute atomic E-state index is 0.254. The van der Waals surface area contributed by atoms with E-state index in [1.54, 1.807) is 16.8 Å². The first-order valence-electron chi connectivity index (χ1n) is 6.11. The van der Waals surface area contributed by atoms with Gasteiger partial charge in [-0.05, 0) is 42.0 Å². The number of rotatable bonds is 3. The molecule has 3 nitrogen and oxygen atoms in total. The van der Waals surface area contributed by atoms with E-state index in [1.807, 2.05) is 30.5 Å². The number of hydrogen-bond donors (Lipinski definition) is 0. The van der Waals surface area contributed by atoms with Crippen LogP contribution in [0.15, 0.2) is 59.2 Å². The second-order valence-electron chi connectivity index (χ2n) is 4.43. The van der Waals surface area contributed by atoms with Crippen LogP contribution >= 0.6 is 15.9 Å². The highest BCUT2D eigenvalue weighted by Gasteiger charge is 2.04. The molecule has 20 heavy (non-hydrogen) atoms. The molecule has 0 aliphatic rings. The van der Waals surface area contributed by atoms with Gasteiger partial charge in [-0.1, -0.05) is 33.3 Å². The maximum Gasteiger partial charge on any atom is 0.123 e. The zero-order valence-corrected chi connectivity index (χ0v) is 12.1. The Hall–Kier alpha value is -2.01. The maximum atomic E-state index is 12.9. The van der Waals surface area contributed by atoms with Gasteiger partial charge in [0.25, 0.3) is 0 Å². The predicted octanol–water partition coefficient (Wildman–Crippen LogP) is 3.90. The van der Waals surface area contributed by atoms with Crippen LogP contribution in [-0.4, -0.2) is 15.0 Å². The second-order valence-corrected chi connectivity index (χ2v) is 5.35. The number of halogens is 2. The van der Waals surface area contributed by atoms with Crippen LogP contribution in [0.4, 0.5) is 4.39 Å². The Labute approximate surface area is 124 Å². The van der Waals surface area contributed by atoms with Crippen LogP contribution < -0.4 is 0 Å². The smallest absolute Gasteiger partial charge is 0.123 e. The van der Waals surface area contributed by atoms with Crippen molar-refractivity contribution in [1.29, 1.82) is 0 Å². The van der Waals surface area contributed by atoms with Gasteiger partial charge >= 0.3 is 0 Å². The molecule has 0 bridgehead atoms. The topological polar surface area (TPSA) is 30.7 Å². The molecule has 0 aliphatic heterocycles. The Morgan fingerprint density at radius 1 is 1.00 bits per heavy atom. The molecule has 1 heterocycles. The van der Waals surface area contributed by atoms with Crippen molar-refractivity contribution < 1.29 is 4.39 Å². The highest BCUT2D eigenvalue weighted by molar-refractivity contribution is 9.10. The van der Waals surface area contributed by atoms with Crippen molar-refractivity contribution in [2.24, 2.45) is 0 Å². The SMILES string of the molecule is Fc1ccc(-c2cn(Cc3ccc(Br)cc3)nn2)cc1. The van der Waals surface area contributed by atoms with Crippen LogP contribution in [0.25, 0.3) is 11.3 Å². The molecule has 0 amide bonds. The van der Waals surface area contributed by atoms with Gasteiger partial charge in [0, 0.05) is 10.0 Å². The van der Waals surface area contributed by atoms with Gasteiger partial charge in [0.15, 0.2) is 0 Å². The Balaban J connectivity index is 1.80. The molecule has 0 aliphatic carbocycles. The summed E-state index contributed by atoms with van der Waals surface area (Å²) in [5.41, 5.74) is 2.74. The zero-order valence-electron chi connectivity index (χ0n) is 10.5. The first-order valence-corrected chi connectivity index (χ1v) is 6.90. The minimum atomic E-state index is -0.254. The third-order valence-corrected chi connectivity index (χ3v) is 3.47. The first-order chi connectivity index (χ1) is 9.70. The molecule has 0 saturated heterocycles. The molecule has 0 radical (unpaired) electrons. The van der Waals surface area contributed by atoms with E-state index in [2.05, 4.69) is 26.2 Å². The summed E-state index contributed by atoms with van der Waals surface area (Å²) >= 11 is 3.41. The Morgan fingerprint density at radius 3 is 2.40 bits per heavy atom. The number of hydrogen-bond acceptors (Lipinski definition) is 2. The summed E-state index contributed by atoms with van der Waals surface area (Å²) < 4.78 is 15.7. The minimum Gasteiger partial charge on any atom is -0.247 e. The molecule has 3 rings (SSSR count). The Kier molecular flexibility index (Phi) is 3.60. The molecule has 0 atom stereocenters. The molecule has 0 N–H and O–H groups in total. The van der Waals surface area contributed by atoms with Crippen LogP contribution in [0.3, 0.4) is 0 Å².